The van der Waals surface area contributed by atoms with Gasteiger partial charge >= 0.3 is 5.97 Å². The molecule has 0 aliphatic carbocycles. The van der Waals surface area contributed by atoms with Crippen molar-refractivity contribution in [2.75, 3.05) is 5.32 Å². The van der Waals surface area contributed by atoms with Crippen molar-refractivity contribution < 1.29 is 18.7 Å². The average molecular weight is 270 g/mol. The summed E-state index contributed by atoms with van der Waals surface area (Å²) in [4.78, 5) is 14.4. The van der Waals surface area contributed by atoms with Crippen LogP contribution in [0.4, 0.5) is 19.5 Å². The monoisotopic (exact) mass is 270 g/mol. The number of thiazole rings is 1. The van der Waals surface area contributed by atoms with Gasteiger partial charge in [0.15, 0.2) is 11.5 Å². The van der Waals surface area contributed by atoms with Crippen LogP contribution >= 0.6 is 11.3 Å². The van der Waals surface area contributed by atoms with Gasteiger partial charge in [0.1, 0.15) is 16.5 Å². The second-order valence-electron chi connectivity index (χ2n) is 3.51. The first kappa shape index (κ1) is 12.4. The normalized spacial score (nSPS) is 10.4. The molecule has 0 aliphatic rings. The Bertz CT molecular complexity index is 613. The largest absolute Gasteiger partial charge is 0.476 e. The summed E-state index contributed by atoms with van der Waals surface area (Å²) in [5, 5.41) is 11.4. The van der Waals surface area contributed by atoms with Gasteiger partial charge in [0, 0.05) is 0 Å². The number of hydrogen-bond acceptors (Lipinski definition) is 4. The van der Waals surface area contributed by atoms with Crippen molar-refractivity contribution in [1.29, 1.82) is 0 Å². The molecule has 18 heavy (non-hydrogen) atoms. The van der Waals surface area contributed by atoms with Crippen LogP contribution in [0.25, 0.3) is 0 Å². The summed E-state index contributed by atoms with van der Waals surface area (Å²) in [5.41, 5.74) is 0.916. The Morgan fingerprint density at radius 1 is 1.44 bits per heavy atom. The number of anilines is 2. The number of halogens is 2. The third kappa shape index (κ3) is 2.17. The van der Waals surface area contributed by atoms with Gasteiger partial charge in [-0.15, -0.1) is 11.3 Å². The zero-order valence-corrected chi connectivity index (χ0v) is 10.0. The average Bonchev–Trinajstić information content (AvgIpc) is 2.78. The molecule has 7 heteroatoms. The van der Waals surface area contributed by atoms with E-state index in [-0.39, 0.29) is 21.9 Å². The molecule has 4 nitrogen and oxygen atoms in total. The molecular formula is C11H8F2N2O2S. The highest BCUT2D eigenvalue weighted by atomic mass is 32.1. The summed E-state index contributed by atoms with van der Waals surface area (Å²) in [6.45, 7) is 1.49. The van der Waals surface area contributed by atoms with E-state index < -0.39 is 17.6 Å². The minimum atomic E-state index is -1.26. The smallest absolute Gasteiger partial charge is 0.357 e. The van der Waals surface area contributed by atoms with Crippen molar-refractivity contribution in [3.63, 3.8) is 0 Å². The molecule has 0 aliphatic heterocycles. The lowest BCUT2D eigenvalue weighted by molar-refractivity contribution is 0.0692. The molecule has 1 aromatic carbocycles. The fraction of sp³-hybridized carbons (Fsp3) is 0.0909. The Labute approximate surface area is 105 Å². The quantitative estimate of drug-likeness (QED) is 0.899. The van der Waals surface area contributed by atoms with Crippen LogP contribution < -0.4 is 5.32 Å². The van der Waals surface area contributed by atoms with Crippen molar-refractivity contribution in [2.45, 2.75) is 6.92 Å². The second kappa shape index (κ2) is 4.69. The lowest BCUT2D eigenvalue weighted by Crippen LogP contribution is -2.04. The summed E-state index contributed by atoms with van der Waals surface area (Å²) < 4.78 is 27.2. The molecule has 2 aromatic rings. The molecule has 0 saturated carbocycles. The molecule has 2 rings (SSSR count). The molecular weight excluding hydrogens is 262 g/mol. The zero-order valence-electron chi connectivity index (χ0n) is 9.20. The van der Waals surface area contributed by atoms with Crippen LogP contribution in [0.5, 0.6) is 0 Å². The number of nitrogens with zero attached hydrogens (tertiary/aromatic N) is 1. The molecule has 1 heterocycles. The van der Waals surface area contributed by atoms with Gasteiger partial charge in [0.2, 0.25) is 0 Å². The standard InChI is InChI=1S/C11H8F2N2O2S/c1-5-2-3-6(12)8(7(5)13)15-10-9(11(16)17)14-4-18-10/h2-4,15H,1H3,(H,16,17). The lowest BCUT2D eigenvalue weighted by Gasteiger charge is -2.08. The first-order chi connectivity index (χ1) is 8.50. The Morgan fingerprint density at radius 3 is 2.83 bits per heavy atom. The van der Waals surface area contributed by atoms with Gasteiger partial charge in [-0.3, -0.25) is 0 Å². The number of benzene rings is 1. The van der Waals surface area contributed by atoms with E-state index in [1.807, 2.05) is 0 Å². The van der Waals surface area contributed by atoms with Gasteiger partial charge in [0.05, 0.1) is 5.51 Å². The minimum Gasteiger partial charge on any atom is -0.476 e. The van der Waals surface area contributed by atoms with Crippen molar-refractivity contribution in [1.82, 2.24) is 4.98 Å². The van der Waals surface area contributed by atoms with Crippen LogP contribution in [0.2, 0.25) is 0 Å². The van der Waals surface area contributed by atoms with Gasteiger partial charge in [-0.25, -0.2) is 18.6 Å². The highest BCUT2D eigenvalue weighted by Crippen LogP contribution is 2.29. The summed E-state index contributed by atoms with van der Waals surface area (Å²) in [5.74, 6) is -2.80. The van der Waals surface area contributed by atoms with Gasteiger partial charge in [0.25, 0.3) is 0 Å². The summed E-state index contributed by atoms with van der Waals surface area (Å²) >= 11 is 0.960. The highest BCUT2D eigenvalue weighted by molar-refractivity contribution is 7.14. The second-order valence-corrected chi connectivity index (χ2v) is 4.37. The predicted octanol–water partition coefficient (Wildman–Crippen LogP) is 3.17. The molecule has 1 aromatic heterocycles. The molecule has 0 unspecified atom stereocenters. The van der Waals surface area contributed by atoms with E-state index in [2.05, 4.69) is 10.3 Å². The van der Waals surface area contributed by atoms with Crippen molar-refractivity contribution in [3.05, 3.63) is 40.5 Å². The summed E-state index contributed by atoms with van der Waals surface area (Å²) in [6.07, 6.45) is 0. The zero-order chi connectivity index (χ0) is 13.3. The maximum absolute atomic E-state index is 13.7. The van der Waals surface area contributed by atoms with Crippen LogP contribution in [-0.4, -0.2) is 16.1 Å². The van der Waals surface area contributed by atoms with Crippen LogP contribution in [0.3, 0.4) is 0 Å². The molecule has 0 radical (unpaired) electrons. The molecule has 0 amide bonds. The van der Waals surface area contributed by atoms with E-state index in [9.17, 15) is 13.6 Å². The number of nitrogens with one attached hydrogen (secondary N) is 1. The summed E-state index contributed by atoms with van der Waals surface area (Å²) in [7, 11) is 0. The topological polar surface area (TPSA) is 62.2 Å². The van der Waals surface area contributed by atoms with E-state index in [1.165, 1.54) is 18.5 Å². The van der Waals surface area contributed by atoms with E-state index in [0.717, 1.165) is 17.4 Å². The lowest BCUT2D eigenvalue weighted by atomic mass is 10.2. The predicted molar refractivity (Wildman–Crippen MR) is 63.5 cm³/mol. The van der Waals surface area contributed by atoms with Crippen LogP contribution in [0.15, 0.2) is 17.6 Å². The Hall–Kier alpha value is -2.02. The van der Waals surface area contributed by atoms with Gasteiger partial charge < -0.3 is 10.4 Å². The molecule has 0 saturated heterocycles. The van der Waals surface area contributed by atoms with Crippen molar-refractivity contribution in [3.8, 4) is 0 Å². The summed E-state index contributed by atoms with van der Waals surface area (Å²) in [6, 6.07) is 2.42. The third-order valence-corrected chi connectivity index (χ3v) is 3.03. The molecule has 0 spiro atoms. The van der Waals surface area contributed by atoms with E-state index in [0.29, 0.717) is 0 Å². The van der Waals surface area contributed by atoms with Crippen molar-refractivity contribution in [2.24, 2.45) is 0 Å². The number of hydrogen-bond donors (Lipinski definition) is 2. The van der Waals surface area contributed by atoms with Crippen LogP contribution in [0.1, 0.15) is 16.1 Å². The number of carboxylic acid groups (broad SMARTS) is 1. The number of carboxylic acids is 1. The fourth-order valence-electron chi connectivity index (χ4n) is 1.37. The van der Waals surface area contributed by atoms with Gasteiger partial charge in [-0.2, -0.15) is 0 Å². The van der Waals surface area contributed by atoms with E-state index in [1.54, 1.807) is 0 Å². The Balaban J connectivity index is 2.43. The highest BCUT2D eigenvalue weighted by Gasteiger charge is 2.18. The molecule has 2 N–H and O–H groups in total. The van der Waals surface area contributed by atoms with E-state index in [4.69, 9.17) is 5.11 Å². The number of aromatic carboxylic acids is 1. The number of aromatic nitrogens is 1. The fourth-order valence-corrected chi connectivity index (χ4v) is 2.05. The van der Waals surface area contributed by atoms with Crippen LogP contribution in [-0.2, 0) is 0 Å². The molecule has 0 fully saturated rings. The van der Waals surface area contributed by atoms with Gasteiger partial charge in [-0.05, 0) is 18.6 Å². The first-order valence-electron chi connectivity index (χ1n) is 4.89. The van der Waals surface area contributed by atoms with Gasteiger partial charge in [-0.1, -0.05) is 6.07 Å². The van der Waals surface area contributed by atoms with Crippen molar-refractivity contribution >= 4 is 28.0 Å². The SMILES string of the molecule is Cc1ccc(F)c(Nc2scnc2C(=O)O)c1F. The van der Waals surface area contributed by atoms with E-state index >= 15 is 0 Å². The Morgan fingerprint density at radius 2 is 2.17 bits per heavy atom. The molecule has 94 valence electrons. The van der Waals surface area contributed by atoms with Crippen LogP contribution in [0, 0.1) is 18.6 Å². The Kier molecular flexibility index (Phi) is 3.24. The number of carbonyl (C=O) groups is 1. The number of aryl methyl sites for hydroxylation is 1. The maximum atomic E-state index is 13.7. The molecule has 0 bridgehead atoms. The maximum Gasteiger partial charge on any atom is 0.357 e. The minimum absolute atomic E-state index is 0.0888. The molecule has 0 atom stereocenters. The third-order valence-electron chi connectivity index (χ3n) is 2.29. The number of rotatable bonds is 3. The first-order valence-corrected chi connectivity index (χ1v) is 5.77.